The highest BCUT2D eigenvalue weighted by atomic mass is 19.1. The number of para-hydroxylation sites is 1. The molecule has 5 heteroatoms. The van der Waals surface area contributed by atoms with E-state index in [0.29, 0.717) is 5.69 Å². The zero-order valence-corrected chi connectivity index (χ0v) is 10.3. The summed E-state index contributed by atoms with van der Waals surface area (Å²) in [6.45, 7) is 0.0945. The summed E-state index contributed by atoms with van der Waals surface area (Å²) in [5.74, 6) is -1.57. The molecule has 2 aromatic rings. The number of hydrogen-bond acceptors (Lipinski definition) is 2. The molecule has 19 heavy (non-hydrogen) atoms. The van der Waals surface area contributed by atoms with Gasteiger partial charge >= 0.3 is 0 Å². The van der Waals surface area contributed by atoms with E-state index in [4.69, 9.17) is 5.73 Å². The van der Waals surface area contributed by atoms with Gasteiger partial charge in [0.15, 0.2) is 0 Å². The number of nitrogens with zero attached hydrogens (tertiary/aromatic N) is 1. The van der Waals surface area contributed by atoms with Gasteiger partial charge < -0.3 is 10.6 Å². The summed E-state index contributed by atoms with van der Waals surface area (Å²) >= 11 is 0. The van der Waals surface area contributed by atoms with Crippen LogP contribution in [0.2, 0.25) is 0 Å². The maximum Gasteiger partial charge on any atom is 0.148 e. The van der Waals surface area contributed by atoms with Crippen LogP contribution in [-0.2, 0) is 6.54 Å². The summed E-state index contributed by atoms with van der Waals surface area (Å²) in [6, 6.07) is 7.61. The van der Waals surface area contributed by atoms with E-state index in [9.17, 15) is 13.2 Å². The quantitative estimate of drug-likeness (QED) is 0.863. The first kappa shape index (κ1) is 13.3. The van der Waals surface area contributed by atoms with E-state index >= 15 is 0 Å². The summed E-state index contributed by atoms with van der Waals surface area (Å²) in [5.41, 5.74) is 6.23. The van der Waals surface area contributed by atoms with Crippen molar-refractivity contribution in [2.24, 2.45) is 0 Å². The van der Waals surface area contributed by atoms with Crippen molar-refractivity contribution in [2.75, 3.05) is 17.7 Å². The lowest BCUT2D eigenvalue weighted by atomic mass is 10.1. The highest BCUT2D eigenvalue weighted by Gasteiger charge is 2.12. The zero-order valence-electron chi connectivity index (χ0n) is 10.3. The minimum absolute atomic E-state index is 0.0122. The van der Waals surface area contributed by atoms with Gasteiger partial charge in [-0.1, -0.05) is 6.07 Å². The van der Waals surface area contributed by atoms with E-state index in [1.54, 1.807) is 18.0 Å². The van der Waals surface area contributed by atoms with Crippen molar-refractivity contribution >= 4 is 11.4 Å². The summed E-state index contributed by atoms with van der Waals surface area (Å²) in [6.07, 6.45) is 0. The molecular weight excluding hydrogens is 253 g/mol. The van der Waals surface area contributed by atoms with E-state index in [-0.39, 0.29) is 17.8 Å². The molecule has 0 aliphatic carbocycles. The fraction of sp³-hybridized carbons (Fsp3) is 0.143. The van der Waals surface area contributed by atoms with Gasteiger partial charge in [0.1, 0.15) is 17.5 Å². The first-order chi connectivity index (χ1) is 8.99. The molecule has 0 atom stereocenters. The number of halogens is 3. The number of benzene rings is 2. The largest absolute Gasteiger partial charge is 0.395 e. The van der Waals surface area contributed by atoms with Gasteiger partial charge in [-0.3, -0.25) is 0 Å². The molecule has 2 N–H and O–H groups in total. The predicted molar refractivity (Wildman–Crippen MR) is 69.3 cm³/mol. The molecule has 0 fully saturated rings. The van der Waals surface area contributed by atoms with E-state index in [2.05, 4.69) is 0 Å². The van der Waals surface area contributed by atoms with Gasteiger partial charge in [0.05, 0.1) is 11.4 Å². The molecule has 2 nitrogen and oxygen atoms in total. The van der Waals surface area contributed by atoms with Crippen molar-refractivity contribution in [3.05, 3.63) is 59.4 Å². The third-order valence-corrected chi connectivity index (χ3v) is 2.86. The van der Waals surface area contributed by atoms with Crippen LogP contribution in [0.5, 0.6) is 0 Å². The standard InChI is InChI=1S/C14H13F3N2/c1-19(13-4-2-3-12(17)14(13)18)8-9-7-10(15)5-6-11(9)16/h2-7H,8,18H2,1H3. The lowest BCUT2D eigenvalue weighted by Crippen LogP contribution is -2.19. The average Bonchev–Trinajstić information content (AvgIpc) is 2.37. The molecule has 2 aromatic carbocycles. The van der Waals surface area contributed by atoms with Crippen molar-refractivity contribution in [2.45, 2.75) is 6.54 Å². The molecule has 0 aromatic heterocycles. The third kappa shape index (κ3) is 2.81. The second kappa shape index (κ2) is 5.22. The summed E-state index contributed by atoms with van der Waals surface area (Å²) in [7, 11) is 1.63. The van der Waals surface area contributed by atoms with Crippen molar-refractivity contribution in [1.29, 1.82) is 0 Å². The third-order valence-electron chi connectivity index (χ3n) is 2.86. The van der Waals surface area contributed by atoms with Gasteiger partial charge in [0, 0.05) is 19.2 Å². The minimum Gasteiger partial charge on any atom is -0.395 e. The van der Waals surface area contributed by atoms with Crippen LogP contribution in [-0.4, -0.2) is 7.05 Å². The number of anilines is 2. The maximum atomic E-state index is 13.5. The SMILES string of the molecule is CN(Cc1cc(F)ccc1F)c1cccc(F)c1N. The Morgan fingerprint density at radius 3 is 2.53 bits per heavy atom. The molecule has 0 aliphatic rings. The first-order valence-electron chi connectivity index (χ1n) is 5.68. The van der Waals surface area contributed by atoms with Crippen LogP contribution in [0.4, 0.5) is 24.5 Å². The van der Waals surface area contributed by atoms with Crippen molar-refractivity contribution in [1.82, 2.24) is 0 Å². The van der Waals surface area contributed by atoms with Gasteiger partial charge in [-0.25, -0.2) is 13.2 Å². The Bertz CT molecular complexity index is 599. The predicted octanol–water partition coefficient (Wildman–Crippen LogP) is 3.32. The second-order valence-corrected chi connectivity index (χ2v) is 4.26. The molecule has 0 radical (unpaired) electrons. The van der Waals surface area contributed by atoms with Crippen molar-refractivity contribution < 1.29 is 13.2 Å². The Morgan fingerprint density at radius 2 is 1.79 bits per heavy atom. The van der Waals surface area contributed by atoms with Crippen LogP contribution in [0, 0.1) is 17.5 Å². The Morgan fingerprint density at radius 1 is 1.05 bits per heavy atom. The van der Waals surface area contributed by atoms with Gasteiger partial charge in [-0.05, 0) is 30.3 Å². The minimum atomic E-state index is -0.538. The second-order valence-electron chi connectivity index (χ2n) is 4.26. The van der Waals surface area contributed by atoms with Gasteiger partial charge in [0.2, 0.25) is 0 Å². The fourth-order valence-corrected chi connectivity index (χ4v) is 1.86. The molecule has 0 bridgehead atoms. The average molecular weight is 266 g/mol. The number of nitrogen functional groups attached to an aromatic ring is 1. The zero-order chi connectivity index (χ0) is 14.0. The maximum absolute atomic E-state index is 13.5. The molecule has 0 heterocycles. The van der Waals surface area contributed by atoms with Crippen molar-refractivity contribution in [3.63, 3.8) is 0 Å². The van der Waals surface area contributed by atoms with Crippen LogP contribution in [0.1, 0.15) is 5.56 Å². The van der Waals surface area contributed by atoms with E-state index < -0.39 is 17.5 Å². The Balaban J connectivity index is 2.28. The van der Waals surface area contributed by atoms with E-state index in [0.717, 1.165) is 18.2 Å². The molecule has 0 spiro atoms. The molecular formula is C14H13F3N2. The Hall–Kier alpha value is -2.17. The topological polar surface area (TPSA) is 29.3 Å². The van der Waals surface area contributed by atoms with Crippen LogP contribution < -0.4 is 10.6 Å². The molecule has 0 amide bonds. The summed E-state index contributed by atoms with van der Waals surface area (Å²) in [5, 5.41) is 0. The molecule has 0 aliphatic heterocycles. The highest BCUT2D eigenvalue weighted by molar-refractivity contribution is 5.67. The Labute approximate surface area is 109 Å². The smallest absolute Gasteiger partial charge is 0.148 e. The molecule has 100 valence electrons. The van der Waals surface area contributed by atoms with E-state index in [1.807, 2.05) is 0 Å². The van der Waals surface area contributed by atoms with Crippen LogP contribution in [0.3, 0.4) is 0 Å². The monoisotopic (exact) mass is 266 g/mol. The normalized spacial score (nSPS) is 10.5. The van der Waals surface area contributed by atoms with Crippen molar-refractivity contribution in [3.8, 4) is 0 Å². The molecule has 2 rings (SSSR count). The van der Waals surface area contributed by atoms with Crippen LogP contribution >= 0.6 is 0 Å². The van der Waals surface area contributed by atoms with Crippen LogP contribution in [0.15, 0.2) is 36.4 Å². The van der Waals surface area contributed by atoms with Gasteiger partial charge in [-0.15, -0.1) is 0 Å². The number of nitrogens with two attached hydrogens (primary N) is 1. The Kier molecular flexibility index (Phi) is 3.64. The number of rotatable bonds is 3. The summed E-state index contributed by atoms with van der Waals surface area (Å²) in [4.78, 5) is 1.57. The molecule has 0 saturated heterocycles. The van der Waals surface area contributed by atoms with E-state index in [1.165, 1.54) is 12.1 Å². The first-order valence-corrected chi connectivity index (χ1v) is 5.68. The van der Waals surface area contributed by atoms with Gasteiger partial charge in [-0.2, -0.15) is 0 Å². The lowest BCUT2D eigenvalue weighted by Gasteiger charge is -2.21. The van der Waals surface area contributed by atoms with Gasteiger partial charge in [0.25, 0.3) is 0 Å². The highest BCUT2D eigenvalue weighted by Crippen LogP contribution is 2.26. The fourth-order valence-electron chi connectivity index (χ4n) is 1.86. The number of hydrogen-bond donors (Lipinski definition) is 1. The molecule has 0 unspecified atom stereocenters. The van der Waals surface area contributed by atoms with Crippen LogP contribution in [0.25, 0.3) is 0 Å². The summed E-state index contributed by atoms with van der Waals surface area (Å²) < 4.78 is 39.9. The molecule has 0 saturated carbocycles. The lowest BCUT2D eigenvalue weighted by molar-refractivity contribution is 0.583.